The minimum absolute atomic E-state index is 0.0120. The summed E-state index contributed by atoms with van der Waals surface area (Å²) < 4.78 is 5.45. The zero-order valence-corrected chi connectivity index (χ0v) is 29.1. The highest BCUT2D eigenvalue weighted by atomic mass is 16.5. The summed E-state index contributed by atoms with van der Waals surface area (Å²) in [6, 6.07) is 5.67. The average molecular weight is 627 g/mol. The molecule has 1 aromatic carbocycles. The summed E-state index contributed by atoms with van der Waals surface area (Å²) in [6.07, 6.45) is 19.5. The molecule has 0 radical (unpaired) electrons. The van der Waals surface area contributed by atoms with Gasteiger partial charge >= 0.3 is 0 Å². The van der Waals surface area contributed by atoms with Crippen LogP contribution >= 0.6 is 0 Å². The Morgan fingerprint density at radius 1 is 1.07 bits per heavy atom. The maximum atomic E-state index is 14.0. The standard InChI is InChI=1S/C41H58N2O3/c1-27(2)21-35-22-28(3)19-20-42-41(45)38(24-32-17-18-40(46-7)29(4)23-32)43-30(5)13-12-16-34(25-39(35)44)31(6)36-26-37(36)33-14-10-8-9-11-15-33/h8-10,14-15,17-18,23,27,31,34-38,43H,3,5,11-13,16,19-22,24-26H2,1-2,4,6-7H3,(H,42,45)/t31?,34-,35?,36?,37?,38-/m1/s1. The van der Waals surface area contributed by atoms with Gasteiger partial charge in [-0.2, -0.15) is 0 Å². The predicted molar refractivity (Wildman–Crippen MR) is 191 cm³/mol. The molecule has 5 nitrogen and oxygen atoms in total. The lowest BCUT2D eigenvalue weighted by atomic mass is 9.77. The van der Waals surface area contributed by atoms with E-state index in [-0.39, 0.29) is 11.8 Å². The van der Waals surface area contributed by atoms with Gasteiger partial charge < -0.3 is 15.4 Å². The molecule has 2 aliphatic carbocycles. The first-order valence-electron chi connectivity index (χ1n) is 17.6. The second-order valence-corrected chi connectivity index (χ2v) is 14.5. The van der Waals surface area contributed by atoms with E-state index < -0.39 is 6.04 Å². The van der Waals surface area contributed by atoms with Gasteiger partial charge in [0.05, 0.1) is 7.11 Å². The molecule has 1 aliphatic heterocycles. The van der Waals surface area contributed by atoms with E-state index in [0.717, 1.165) is 60.3 Å². The Balaban J connectivity index is 1.51. The molecule has 4 rings (SSSR count). The number of methoxy groups -OCH3 is 1. The maximum Gasteiger partial charge on any atom is 0.242 e. The van der Waals surface area contributed by atoms with Crippen LogP contribution in [0.4, 0.5) is 0 Å². The van der Waals surface area contributed by atoms with Gasteiger partial charge in [0, 0.05) is 31.0 Å². The largest absolute Gasteiger partial charge is 0.496 e. The number of hydrogen-bond donors (Lipinski definition) is 2. The Kier molecular flexibility index (Phi) is 13.1. The normalized spacial score (nSPS) is 27.4. The van der Waals surface area contributed by atoms with E-state index in [1.807, 2.05) is 19.1 Å². The van der Waals surface area contributed by atoms with Gasteiger partial charge in [-0.1, -0.05) is 82.0 Å². The third-order valence-electron chi connectivity index (χ3n) is 10.3. The number of amides is 1. The van der Waals surface area contributed by atoms with Crippen molar-refractivity contribution in [2.24, 2.45) is 35.5 Å². The highest BCUT2D eigenvalue weighted by molar-refractivity contribution is 5.82. The molecule has 0 bridgehead atoms. The summed E-state index contributed by atoms with van der Waals surface area (Å²) >= 11 is 0. The fourth-order valence-corrected chi connectivity index (χ4v) is 7.62. The summed E-state index contributed by atoms with van der Waals surface area (Å²) in [5.74, 6) is 3.66. The number of carbonyl (C=O) groups is 2. The molecule has 1 aromatic rings. The number of ether oxygens (including phenoxy) is 1. The molecule has 1 heterocycles. The van der Waals surface area contributed by atoms with E-state index in [2.05, 4.69) is 81.0 Å². The lowest BCUT2D eigenvalue weighted by Crippen LogP contribution is -2.45. The Morgan fingerprint density at radius 3 is 2.61 bits per heavy atom. The predicted octanol–water partition coefficient (Wildman–Crippen LogP) is 8.61. The first-order valence-corrected chi connectivity index (χ1v) is 17.6. The second kappa shape index (κ2) is 17.0. The Morgan fingerprint density at radius 2 is 1.87 bits per heavy atom. The van der Waals surface area contributed by atoms with Crippen molar-refractivity contribution in [2.45, 2.75) is 97.9 Å². The van der Waals surface area contributed by atoms with Gasteiger partial charge in [0.2, 0.25) is 5.91 Å². The summed E-state index contributed by atoms with van der Waals surface area (Å²) in [4.78, 5) is 27.5. The van der Waals surface area contributed by atoms with Crippen molar-refractivity contribution >= 4 is 11.7 Å². The molecular formula is C41H58N2O3. The van der Waals surface area contributed by atoms with Crippen molar-refractivity contribution in [1.29, 1.82) is 0 Å². The molecule has 250 valence electrons. The molecule has 4 unspecified atom stereocenters. The fraction of sp³-hybridized carbons (Fsp3) is 0.561. The number of carbonyl (C=O) groups excluding carboxylic acids is 2. The fourth-order valence-electron chi connectivity index (χ4n) is 7.62. The zero-order valence-electron chi connectivity index (χ0n) is 29.1. The molecule has 1 saturated carbocycles. The van der Waals surface area contributed by atoms with Crippen LogP contribution in [0.3, 0.4) is 0 Å². The van der Waals surface area contributed by atoms with Gasteiger partial charge in [0.25, 0.3) is 0 Å². The monoisotopic (exact) mass is 626 g/mol. The van der Waals surface area contributed by atoms with Gasteiger partial charge in [-0.25, -0.2) is 0 Å². The van der Waals surface area contributed by atoms with Crippen LogP contribution in [0.2, 0.25) is 0 Å². The molecule has 3 aliphatic rings. The van der Waals surface area contributed by atoms with Crippen LogP contribution in [-0.2, 0) is 16.0 Å². The minimum Gasteiger partial charge on any atom is -0.496 e. The molecule has 2 fully saturated rings. The smallest absolute Gasteiger partial charge is 0.242 e. The Hall–Kier alpha value is -3.34. The van der Waals surface area contributed by atoms with Gasteiger partial charge in [-0.3, -0.25) is 9.59 Å². The molecule has 6 atom stereocenters. The third-order valence-corrected chi connectivity index (χ3v) is 10.3. The Labute approximate surface area is 278 Å². The lowest BCUT2D eigenvalue weighted by Gasteiger charge is -2.28. The van der Waals surface area contributed by atoms with E-state index in [1.54, 1.807) is 7.11 Å². The average Bonchev–Trinajstić information content (AvgIpc) is 3.83. The zero-order chi connectivity index (χ0) is 33.2. The van der Waals surface area contributed by atoms with Crippen LogP contribution in [0.25, 0.3) is 0 Å². The number of nitrogens with one attached hydrogen (secondary N) is 2. The second-order valence-electron chi connectivity index (χ2n) is 14.5. The number of aryl methyl sites for hydroxylation is 1. The van der Waals surface area contributed by atoms with Crippen LogP contribution in [0.15, 0.2) is 78.6 Å². The topological polar surface area (TPSA) is 67.4 Å². The summed E-state index contributed by atoms with van der Waals surface area (Å²) in [7, 11) is 1.68. The van der Waals surface area contributed by atoms with E-state index in [9.17, 15) is 9.59 Å². The molecule has 46 heavy (non-hydrogen) atoms. The molecule has 1 amide bonds. The van der Waals surface area contributed by atoms with Crippen LogP contribution in [-0.4, -0.2) is 31.4 Å². The molecule has 1 saturated heterocycles. The van der Waals surface area contributed by atoms with Crippen molar-refractivity contribution < 1.29 is 14.3 Å². The quantitative estimate of drug-likeness (QED) is 0.284. The Bertz CT molecular complexity index is 1330. The van der Waals surface area contributed by atoms with Crippen LogP contribution in [0.1, 0.15) is 89.7 Å². The number of allylic oxidation sites excluding steroid dienone is 7. The van der Waals surface area contributed by atoms with Crippen LogP contribution < -0.4 is 15.4 Å². The summed E-state index contributed by atoms with van der Waals surface area (Å²) in [5, 5.41) is 6.62. The number of benzene rings is 1. The number of rotatable bonds is 8. The number of ketones is 1. The van der Waals surface area contributed by atoms with Crippen molar-refractivity contribution in [1.82, 2.24) is 10.6 Å². The van der Waals surface area contributed by atoms with E-state index in [1.165, 1.54) is 12.0 Å². The van der Waals surface area contributed by atoms with Gasteiger partial charge in [0.1, 0.15) is 17.6 Å². The van der Waals surface area contributed by atoms with E-state index >= 15 is 0 Å². The van der Waals surface area contributed by atoms with E-state index in [4.69, 9.17) is 4.74 Å². The maximum absolute atomic E-state index is 14.0. The number of Topliss-reactive ketones (excluding diaryl/α,β-unsaturated/α-hetero) is 1. The molecule has 5 heteroatoms. The molecular weight excluding hydrogens is 568 g/mol. The number of hydrogen-bond acceptors (Lipinski definition) is 4. The first-order chi connectivity index (χ1) is 22.0. The first kappa shape index (κ1) is 35.5. The van der Waals surface area contributed by atoms with Gasteiger partial charge in [-0.15, -0.1) is 0 Å². The highest BCUT2D eigenvalue weighted by Crippen LogP contribution is 2.53. The lowest BCUT2D eigenvalue weighted by molar-refractivity contribution is -0.125. The van der Waals surface area contributed by atoms with Crippen molar-refractivity contribution in [3.05, 3.63) is 89.7 Å². The molecule has 2 N–H and O–H groups in total. The highest BCUT2D eigenvalue weighted by Gasteiger charge is 2.45. The van der Waals surface area contributed by atoms with Gasteiger partial charge in [-0.05, 0) is 111 Å². The van der Waals surface area contributed by atoms with Crippen molar-refractivity contribution in [3.8, 4) is 5.75 Å². The third kappa shape index (κ3) is 10.3. The molecule has 0 spiro atoms. The van der Waals surface area contributed by atoms with Gasteiger partial charge in [0.15, 0.2) is 0 Å². The van der Waals surface area contributed by atoms with Crippen molar-refractivity contribution in [3.63, 3.8) is 0 Å². The summed E-state index contributed by atoms with van der Waals surface area (Å²) in [6.45, 7) is 18.0. The summed E-state index contributed by atoms with van der Waals surface area (Å²) in [5.41, 5.74) is 5.51. The van der Waals surface area contributed by atoms with Crippen LogP contribution in [0, 0.1) is 42.4 Å². The minimum atomic E-state index is -0.422. The SMILES string of the molecule is C=C1CCNC(=O)[C@@H](Cc2ccc(OC)c(C)c2)NC(=C)CCC[C@@H](C(C)C2CC2C2=CCC=CC=C2)CC(=O)C(CC(C)C)C1. The molecule has 0 aromatic heterocycles. The van der Waals surface area contributed by atoms with Crippen LogP contribution in [0.5, 0.6) is 5.75 Å². The van der Waals surface area contributed by atoms with Crippen molar-refractivity contribution in [2.75, 3.05) is 13.7 Å². The van der Waals surface area contributed by atoms with E-state index in [0.29, 0.717) is 67.6 Å².